The number of piperazine rings is 1. The molecule has 0 spiro atoms. The number of fused-ring (bicyclic) bond motifs is 1. The van der Waals surface area contributed by atoms with Gasteiger partial charge in [-0.25, -0.2) is 18.7 Å². The first-order valence-corrected chi connectivity index (χ1v) is 12.1. The maximum atomic E-state index is 14.2. The molecule has 5 rings (SSSR count). The van der Waals surface area contributed by atoms with E-state index in [2.05, 4.69) is 19.9 Å². The lowest BCUT2D eigenvalue weighted by molar-refractivity contribution is -0.138. The molecule has 0 unspecified atom stereocenters. The van der Waals surface area contributed by atoms with Crippen molar-refractivity contribution in [1.82, 2.24) is 19.9 Å². The highest BCUT2D eigenvalue weighted by Gasteiger charge is 2.35. The third-order valence-corrected chi connectivity index (χ3v) is 6.90. The highest BCUT2D eigenvalue weighted by molar-refractivity contribution is 5.91. The number of likely N-dealkylation sites (N-methyl/N-ethyl adjacent to an activating group) is 1. The Morgan fingerprint density at radius 3 is 2.41 bits per heavy atom. The summed E-state index contributed by atoms with van der Waals surface area (Å²) >= 11 is 0. The lowest BCUT2D eigenvalue weighted by atomic mass is 10.0. The molecular formula is C27H24F5N5O2. The first-order chi connectivity index (χ1) is 18.5. The number of ether oxygens (including phenoxy) is 1. The molecule has 0 bridgehead atoms. The van der Waals surface area contributed by atoms with E-state index in [1.54, 1.807) is 6.07 Å². The second-order valence-electron chi connectivity index (χ2n) is 9.46. The summed E-state index contributed by atoms with van der Waals surface area (Å²) in [5, 5.41) is 0.308. The molecule has 4 aromatic rings. The molecule has 0 atom stereocenters. The molecule has 1 aromatic carbocycles. The first kappa shape index (κ1) is 26.5. The van der Waals surface area contributed by atoms with Crippen molar-refractivity contribution in [2.45, 2.75) is 20.0 Å². The third-order valence-electron chi connectivity index (χ3n) is 6.90. The summed E-state index contributed by atoms with van der Waals surface area (Å²) in [6, 6.07) is 4.75. The van der Waals surface area contributed by atoms with Crippen molar-refractivity contribution in [3.8, 4) is 22.9 Å². The minimum Gasteiger partial charge on any atom is -0.438 e. The van der Waals surface area contributed by atoms with Crippen LogP contribution in [0, 0.1) is 25.5 Å². The van der Waals surface area contributed by atoms with Gasteiger partial charge in [-0.3, -0.25) is 4.79 Å². The van der Waals surface area contributed by atoms with Crippen molar-refractivity contribution in [2.24, 2.45) is 0 Å². The van der Waals surface area contributed by atoms with Gasteiger partial charge in [0, 0.05) is 50.2 Å². The van der Waals surface area contributed by atoms with Gasteiger partial charge in [0.2, 0.25) is 5.88 Å². The number of rotatable bonds is 4. The Hall–Kier alpha value is -4.06. The standard InChI is InChI=1S/C27H24F5N5O2/c1-14-16(27(30,31)32)13-34-26(39-21-5-4-17(28)24(29)15(21)2)22(14)19-12-20(38)23-18(35-19)6-7-33-25(23)37-10-8-36(3)9-11-37/h4-7,12-13H,8-11H2,1-3H3,(H,35,38). The Balaban J connectivity index is 1.68. The molecule has 0 amide bonds. The molecule has 1 aliphatic rings. The van der Waals surface area contributed by atoms with E-state index in [0.29, 0.717) is 36.0 Å². The average molecular weight is 546 g/mol. The van der Waals surface area contributed by atoms with Crippen LogP contribution >= 0.6 is 0 Å². The van der Waals surface area contributed by atoms with Crippen LogP contribution in [0.15, 0.2) is 41.5 Å². The van der Waals surface area contributed by atoms with E-state index in [-0.39, 0.29) is 34.0 Å². The van der Waals surface area contributed by atoms with E-state index in [4.69, 9.17) is 4.74 Å². The number of nitrogens with zero attached hydrogens (tertiary/aromatic N) is 4. The first-order valence-electron chi connectivity index (χ1n) is 12.1. The molecule has 3 aromatic heterocycles. The van der Waals surface area contributed by atoms with Gasteiger partial charge in [-0.2, -0.15) is 13.2 Å². The Morgan fingerprint density at radius 2 is 1.72 bits per heavy atom. The van der Waals surface area contributed by atoms with Crippen molar-refractivity contribution in [3.05, 3.63) is 75.2 Å². The van der Waals surface area contributed by atoms with Crippen LogP contribution in [0.5, 0.6) is 11.6 Å². The SMILES string of the molecule is Cc1c(Oc2ncc(C(F)(F)F)c(C)c2-c2cc(=O)c3c(N4CCN(C)CC4)nccc3[nH]2)ccc(F)c1F. The van der Waals surface area contributed by atoms with Crippen molar-refractivity contribution < 1.29 is 26.7 Å². The molecule has 1 aliphatic heterocycles. The number of aromatic amines is 1. The van der Waals surface area contributed by atoms with Gasteiger partial charge in [-0.15, -0.1) is 0 Å². The molecular weight excluding hydrogens is 521 g/mol. The van der Waals surface area contributed by atoms with Gasteiger partial charge in [0.25, 0.3) is 0 Å². The predicted octanol–water partition coefficient (Wildman–Crippen LogP) is 5.44. The molecule has 0 radical (unpaired) electrons. The molecule has 39 heavy (non-hydrogen) atoms. The zero-order valence-electron chi connectivity index (χ0n) is 21.3. The fourth-order valence-corrected chi connectivity index (χ4v) is 4.68. The van der Waals surface area contributed by atoms with Crippen LogP contribution in [0.4, 0.5) is 27.8 Å². The third kappa shape index (κ3) is 4.91. The number of anilines is 1. The Morgan fingerprint density at radius 1 is 1.00 bits per heavy atom. The second kappa shape index (κ2) is 9.92. The van der Waals surface area contributed by atoms with E-state index >= 15 is 0 Å². The fraction of sp³-hybridized carbons (Fsp3) is 0.296. The highest BCUT2D eigenvalue weighted by atomic mass is 19.4. The molecule has 204 valence electrons. The van der Waals surface area contributed by atoms with Crippen molar-refractivity contribution in [3.63, 3.8) is 0 Å². The van der Waals surface area contributed by atoms with Crippen LogP contribution in [0.25, 0.3) is 22.2 Å². The summed E-state index contributed by atoms with van der Waals surface area (Å²) in [7, 11) is 2.00. The summed E-state index contributed by atoms with van der Waals surface area (Å²) in [5.41, 5.74) is -1.66. The van der Waals surface area contributed by atoms with Crippen molar-refractivity contribution in [1.29, 1.82) is 0 Å². The van der Waals surface area contributed by atoms with Gasteiger partial charge < -0.3 is 19.5 Å². The molecule has 4 heterocycles. The van der Waals surface area contributed by atoms with Crippen LogP contribution in [0.3, 0.4) is 0 Å². The number of nitrogens with one attached hydrogen (secondary N) is 1. The molecule has 0 saturated carbocycles. The van der Waals surface area contributed by atoms with Crippen LogP contribution in [-0.2, 0) is 6.18 Å². The quantitative estimate of drug-likeness (QED) is 0.344. The van der Waals surface area contributed by atoms with E-state index < -0.39 is 28.8 Å². The number of H-pyrrole nitrogens is 1. The van der Waals surface area contributed by atoms with Crippen LogP contribution in [-0.4, -0.2) is 53.1 Å². The van der Waals surface area contributed by atoms with Gasteiger partial charge in [0.05, 0.1) is 27.7 Å². The number of hydrogen-bond donors (Lipinski definition) is 1. The summed E-state index contributed by atoms with van der Waals surface area (Å²) < 4.78 is 75.0. The fourth-order valence-electron chi connectivity index (χ4n) is 4.68. The largest absolute Gasteiger partial charge is 0.438 e. The molecule has 1 saturated heterocycles. The van der Waals surface area contributed by atoms with Gasteiger partial charge in [0.15, 0.2) is 17.1 Å². The Kier molecular flexibility index (Phi) is 6.75. The zero-order valence-corrected chi connectivity index (χ0v) is 21.3. The van der Waals surface area contributed by atoms with E-state index in [9.17, 15) is 26.7 Å². The number of pyridine rings is 3. The van der Waals surface area contributed by atoms with E-state index in [1.807, 2.05) is 11.9 Å². The number of alkyl halides is 3. The number of benzene rings is 1. The van der Waals surface area contributed by atoms with Gasteiger partial charge in [-0.1, -0.05) is 0 Å². The molecule has 12 heteroatoms. The van der Waals surface area contributed by atoms with Gasteiger partial charge in [-0.05, 0) is 44.7 Å². The van der Waals surface area contributed by atoms with Crippen LogP contribution in [0.2, 0.25) is 0 Å². The second-order valence-corrected chi connectivity index (χ2v) is 9.46. The molecule has 7 nitrogen and oxygen atoms in total. The Labute approximate surface area is 219 Å². The molecule has 1 fully saturated rings. The minimum atomic E-state index is -4.74. The van der Waals surface area contributed by atoms with Gasteiger partial charge >= 0.3 is 6.18 Å². The maximum absolute atomic E-state index is 14.2. The summed E-state index contributed by atoms with van der Waals surface area (Å²) in [6.07, 6.45) is -2.61. The maximum Gasteiger partial charge on any atom is 0.418 e. The normalized spacial score (nSPS) is 14.7. The van der Waals surface area contributed by atoms with Crippen LogP contribution in [0.1, 0.15) is 16.7 Å². The Bertz CT molecular complexity index is 1630. The summed E-state index contributed by atoms with van der Waals surface area (Å²) in [5.74, 6) is -2.20. The van der Waals surface area contributed by atoms with Crippen LogP contribution < -0.4 is 15.1 Å². The van der Waals surface area contributed by atoms with Gasteiger partial charge in [0.1, 0.15) is 11.6 Å². The van der Waals surface area contributed by atoms with E-state index in [0.717, 1.165) is 25.2 Å². The minimum absolute atomic E-state index is 0.0226. The van der Waals surface area contributed by atoms with E-state index in [1.165, 1.54) is 26.1 Å². The smallest absolute Gasteiger partial charge is 0.418 e. The monoisotopic (exact) mass is 545 g/mol. The summed E-state index contributed by atoms with van der Waals surface area (Å²) in [6.45, 7) is 5.39. The predicted molar refractivity (Wildman–Crippen MR) is 136 cm³/mol. The lowest BCUT2D eigenvalue weighted by Crippen LogP contribution is -2.45. The lowest BCUT2D eigenvalue weighted by Gasteiger charge is -2.33. The average Bonchev–Trinajstić information content (AvgIpc) is 2.88. The number of aromatic nitrogens is 3. The summed E-state index contributed by atoms with van der Waals surface area (Å²) in [4.78, 5) is 28.9. The highest BCUT2D eigenvalue weighted by Crippen LogP contribution is 2.41. The molecule has 1 N–H and O–H groups in total. The topological polar surface area (TPSA) is 74.3 Å². The zero-order chi connectivity index (χ0) is 28.1. The van der Waals surface area contributed by atoms with Crippen molar-refractivity contribution >= 4 is 16.7 Å². The van der Waals surface area contributed by atoms with Crippen molar-refractivity contribution in [2.75, 3.05) is 38.1 Å². The number of halogens is 5. The number of hydrogen-bond acceptors (Lipinski definition) is 6. The molecule has 0 aliphatic carbocycles.